The van der Waals surface area contributed by atoms with Crippen molar-refractivity contribution in [2.75, 3.05) is 128 Å². The van der Waals surface area contributed by atoms with Crippen LogP contribution in [0.1, 0.15) is 54.8 Å². The first kappa shape index (κ1) is 93.6. The molecule has 17 rings (SSSR count). The van der Waals surface area contributed by atoms with Gasteiger partial charge in [-0.2, -0.15) is 9.97 Å². The maximum atomic E-state index is 13.4. The number of methoxy groups -OCH3 is 8. The van der Waals surface area contributed by atoms with Gasteiger partial charge in [0.15, 0.2) is 57.6 Å². The molecule has 0 radical (unpaired) electrons. The van der Waals surface area contributed by atoms with Crippen LogP contribution in [0.2, 0.25) is 0 Å². The zero-order valence-electron chi connectivity index (χ0n) is 74.6. The number of fused-ring (bicyclic) bond motifs is 7. The minimum absolute atomic E-state index is 0.0862. The number of carbonyl (C=O) groups is 1. The van der Waals surface area contributed by atoms with Crippen LogP contribution < -0.4 is 86.4 Å². The molecule has 8 heterocycles. The maximum Gasteiger partial charge on any atom is 0.284 e. The van der Waals surface area contributed by atoms with Gasteiger partial charge in [0.25, 0.3) is 5.89 Å². The maximum absolute atomic E-state index is 13.4. The van der Waals surface area contributed by atoms with Gasteiger partial charge in [-0.05, 0) is 116 Å². The van der Waals surface area contributed by atoms with E-state index in [4.69, 9.17) is 95.3 Å². The molecule has 688 valence electrons. The number of carbonyl (C=O) groups excluding carboxylic acids is 1. The molecule has 0 aliphatic carbocycles. The van der Waals surface area contributed by atoms with Crippen LogP contribution in [0.5, 0.6) is 46.0 Å². The molecule has 0 fully saturated rings. The number of aromatic nitrogens is 13. The Bertz CT molecular complexity index is 7190. The Morgan fingerprint density at radius 3 is 1.42 bits per heavy atom. The Kier molecular flexibility index (Phi) is 30.9. The number of anilines is 6. The van der Waals surface area contributed by atoms with Gasteiger partial charge in [-0.15, -0.1) is 10.2 Å². The van der Waals surface area contributed by atoms with Crippen molar-refractivity contribution in [3.8, 4) is 80.2 Å². The van der Waals surface area contributed by atoms with E-state index in [9.17, 15) is 17.6 Å². The van der Waals surface area contributed by atoms with E-state index in [1.807, 2.05) is 91.0 Å². The molecule has 9 aromatic carbocycles. The summed E-state index contributed by atoms with van der Waals surface area (Å²) in [6.45, 7) is 2.79. The summed E-state index contributed by atoms with van der Waals surface area (Å²) in [6.07, 6.45) is 9.51. The highest BCUT2D eigenvalue weighted by Gasteiger charge is 2.23. The van der Waals surface area contributed by atoms with E-state index in [2.05, 4.69) is 95.8 Å². The second kappa shape index (κ2) is 44.2. The molecule has 17 aromatic rings. The third-order valence-corrected chi connectivity index (χ3v) is 22.6. The average molecular weight is 1830 g/mol. The lowest BCUT2D eigenvalue weighted by Gasteiger charge is -2.15. The van der Waals surface area contributed by atoms with Crippen LogP contribution in [0.4, 0.5) is 39.6 Å². The van der Waals surface area contributed by atoms with Gasteiger partial charge in [-0.3, -0.25) is 25.6 Å². The molecule has 0 aliphatic rings. The summed E-state index contributed by atoms with van der Waals surface area (Å²) in [4.78, 5) is 62.3. The monoisotopic (exact) mass is 1830 g/mol. The first-order valence-corrected chi connectivity index (χ1v) is 43.9. The number of Topliss-reactive ketones (excluding diaryl/α,β-unsaturated/α-hetero) is 1. The topological polar surface area (TPSA) is 507 Å². The van der Waals surface area contributed by atoms with Crippen LogP contribution in [0, 0.1) is 16.6 Å². The summed E-state index contributed by atoms with van der Waals surface area (Å²) < 4.78 is 89.9. The summed E-state index contributed by atoms with van der Waals surface area (Å²) in [5.41, 5.74) is 25.7. The Balaban J connectivity index is 0.000000144. The van der Waals surface area contributed by atoms with Crippen LogP contribution in [0.3, 0.4) is 0 Å². The lowest BCUT2D eigenvalue weighted by Crippen LogP contribution is -2.29. The van der Waals surface area contributed by atoms with Crippen LogP contribution in [0.25, 0.3) is 111 Å². The molecule has 15 N–H and O–H groups in total. The highest BCUT2D eigenvalue weighted by Crippen LogP contribution is 2.41. The van der Waals surface area contributed by atoms with E-state index in [-0.39, 0.29) is 52.9 Å². The summed E-state index contributed by atoms with van der Waals surface area (Å²) >= 11 is 0. The Hall–Kier alpha value is -16.5. The number of rotatable bonds is 37. The molecule has 0 atom stereocenters. The van der Waals surface area contributed by atoms with Gasteiger partial charge in [0.1, 0.15) is 29.1 Å². The predicted octanol–water partition coefficient (Wildman–Crippen LogP) is 15.6. The molecular weight excluding hydrogens is 1730 g/mol. The number of hydrogen-bond donors (Lipinski definition) is 12. The molecular formula is C96H99FN24O12S. The first-order valence-electron chi connectivity index (χ1n) is 42.4. The number of nitrogen functional groups attached to an aromatic ring is 1. The first-order chi connectivity index (χ1) is 65.2. The van der Waals surface area contributed by atoms with Gasteiger partial charge < -0.3 is 91.1 Å². The average Bonchev–Trinajstić information content (AvgIpc) is 1.02. The van der Waals surface area contributed by atoms with E-state index >= 15 is 0 Å². The Morgan fingerprint density at radius 1 is 0.440 bits per heavy atom. The van der Waals surface area contributed by atoms with Crippen LogP contribution in [0.15, 0.2) is 216 Å². The number of H-pyrrole nitrogens is 1. The number of nitrogens with one attached hydrogen (secondary N) is 9. The summed E-state index contributed by atoms with van der Waals surface area (Å²) in [7, 11) is 8.99. The van der Waals surface area contributed by atoms with Crippen molar-refractivity contribution in [1.82, 2.24) is 69.7 Å². The van der Waals surface area contributed by atoms with E-state index in [0.717, 1.165) is 85.3 Å². The molecule has 38 heteroatoms. The number of aromatic amines is 1. The minimum atomic E-state index is -3.62. The number of nitrogens with two attached hydrogens (primary N) is 3. The number of nitrogens with zero attached hydrogens (tertiary/aromatic N) is 12. The third kappa shape index (κ3) is 22.8. The number of benzene rings is 9. The molecule has 0 saturated heterocycles. The van der Waals surface area contributed by atoms with Gasteiger partial charge >= 0.3 is 0 Å². The number of amidine groups is 2. The summed E-state index contributed by atoms with van der Waals surface area (Å²) in [6, 6.07) is 56.3. The van der Waals surface area contributed by atoms with Crippen molar-refractivity contribution < 1.29 is 59.9 Å². The number of pyridine rings is 2. The molecule has 0 aliphatic heterocycles. The van der Waals surface area contributed by atoms with Crippen LogP contribution in [-0.2, 0) is 16.4 Å². The van der Waals surface area contributed by atoms with Crippen molar-refractivity contribution >= 4 is 139 Å². The molecule has 8 aromatic heterocycles. The van der Waals surface area contributed by atoms with Gasteiger partial charge in [0.2, 0.25) is 33.6 Å². The molecule has 0 spiro atoms. The van der Waals surface area contributed by atoms with Crippen molar-refractivity contribution in [2.45, 2.75) is 49.8 Å². The van der Waals surface area contributed by atoms with E-state index in [1.54, 1.807) is 116 Å². The Morgan fingerprint density at radius 2 is 0.888 bits per heavy atom. The van der Waals surface area contributed by atoms with Gasteiger partial charge in [0.05, 0.1) is 107 Å². The molecule has 134 heavy (non-hydrogen) atoms. The van der Waals surface area contributed by atoms with E-state index in [0.29, 0.717) is 161 Å². The fraction of sp³-hybridized carbons (Fsp3) is 0.219. The fourth-order valence-electron chi connectivity index (χ4n) is 14.5. The highest BCUT2D eigenvalue weighted by atomic mass is 32.2. The normalized spacial score (nSPS) is 11.1. The van der Waals surface area contributed by atoms with Crippen LogP contribution in [-0.4, -0.2) is 187 Å². The molecule has 36 nitrogen and oxygen atoms in total. The second-order valence-corrected chi connectivity index (χ2v) is 31.7. The quantitative estimate of drug-likeness (QED) is 0.00744. The second-order valence-electron chi connectivity index (χ2n) is 29.9. The molecule has 0 saturated carbocycles. The lowest BCUT2D eigenvalue weighted by molar-refractivity contribution is 0.0948. The third-order valence-electron chi connectivity index (χ3n) is 21.1. The number of sulfonamides is 1. The molecule has 0 unspecified atom stereocenters. The van der Waals surface area contributed by atoms with Gasteiger partial charge in [0, 0.05) is 161 Å². The SMILES string of the molecule is COc1cc2nc(-c3cccc4cccnc34)nc(NCCCC(=N)N)c2cc1OC.COc1cc2nc(-c3cccc4cccnc34)nc(NCCNS(=O)(=O)c3ccccc3)c2cc1OC.COc1cc2nc(NCCCC(=N)N)nc(NCCc3c[nH]c4ccccc34)c2cc1OC.COc1cc2nc(NCCCC(=O)c3nnc(-c4cccc(F)c4)o3)nc(N)c2cc1OC. The smallest absolute Gasteiger partial charge is 0.284 e. The lowest BCUT2D eigenvalue weighted by atomic mass is 10.1. The predicted molar refractivity (Wildman–Crippen MR) is 518 cm³/mol. The summed E-state index contributed by atoms with van der Waals surface area (Å²) in [5, 5.41) is 45.0. The zero-order chi connectivity index (χ0) is 94.2. The van der Waals surface area contributed by atoms with Crippen LogP contribution >= 0.6 is 0 Å². The number of ketones is 1. The molecule has 0 amide bonds. The largest absolute Gasteiger partial charge is 0.493 e. The van der Waals surface area contributed by atoms with Gasteiger partial charge in [-0.1, -0.05) is 78.9 Å². The molecule has 0 bridgehead atoms. The number of hydrogen-bond acceptors (Lipinski definition) is 32. The Labute approximate surface area is 769 Å². The standard InChI is InChI=1S/C27H25N5O4S.C24H29N7O2.C23H24N6O2.C22H21FN6O4/c1-35-23-16-21-22(17-24(23)36-2)31-27(20-12-6-8-18-9-7-13-28-25(18)20)32-26(21)29-14-15-30-37(33,34)19-10-4-3-5-11-19;1-32-20-12-17-19(13-21(20)33-2)30-24(28-10-5-8-22(25)26)31-23(17)27-11-9-15-14-29-18-7-4-3-6-16(15)18;1-30-18-12-16-17(13-19(18)31-2)28-23(29-22(16)27-11-5-9-20(24)25)15-8-3-6-14-7-4-10-26-21(14)15;1-31-17-10-14-15(11-18(17)32-2)26-22(27-19(14)24)25-8-4-7-16(30)21-29-28-20(33-21)12-5-3-6-13(23)9-12/h3-13,16-17,30H,14-15H2,1-2H3,(H,29,31,32);3-4,6-7,12-14,29H,5,8-11H2,1-2H3,(H3,25,26)(H2,27,28,30,31);3-4,6-8,10,12-13H,5,9,11H2,1-2H3,(H3,24,25)(H,27,28,29);3,5-6,9-11H,4,7-8H2,1-2H3,(H3,24,25,26,27). The van der Waals surface area contributed by atoms with Crippen molar-refractivity contribution in [3.05, 3.63) is 224 Å². The van der Waals surface area contributed by atoms with Gasteiger partial charge in [-0.25, -0.2) is 47.4 Å². The number of para-hydroxylation sites is 3. The van der Waals surface area contributed by atoms with Crippen molar-refractivity contribution in [3.63, 3.8) is 0 Å². The zero-order valence-corrected chi connectivity index (χ0v) is 75.4. The fourth-order valence-corrected chi connectivity index (χ4v) is 15.6. The number of ether oxygens (including phenoxy) is 8. The van der Waals surface area contributed by atoms with E-state index < -0.39 is 15.8 Å². The van der Waals surface area contributed by atoms with Crippen molar-refractivity contribution in [1.29, 1.82) is 10.8 Å². The highest BCUT2D eigenvalue weighted by molar-refractivity contribution is 7.89. The number of halogens is 1. The minimum Gasteiger partial charge on any atom is -0.493 e. The van der Waals surface area contributed by atoms with E-state index in [1.165, 1.54) is 43.4 Å². The summed E-state index contributed by atoms with van der Waals surface area (Å²) in [5.74, 6) is 8.21. The van der Waals surface area contributed by atoms with Crippen molar-refractivity contribution in [2.24, 2.45) is 11.5 Å².